The second-order valence-electron chi connectivity index (χ2n) is 6.06. The molecule has 28 heavy (non-hydrogen) atoms. The van der Waals surface area contributed by atoms with E-state index in [0.29, 0.717) is 24.7 Å². The molecule has 0 saturated carbocycles. The minimum Gasteiger partial charge on any atom is -0.468 e. The Morgan fingerprint density at radius 1 is 1.32 bits per heavy atom. The number of nitrogens with one attached hydrogen (secondary N) is 1. The summed E-state index contributed by atoms with van der Waals surface area (Å²) in [7, 11) is 0. The maximum Gasteiger partial charge on any atom is 0.422 e. The van der Waals surface area contributed by atoms with Crippen molar-refractivity contribution in [1.82, 2.24) is 15.2 Å². The fourth-order valence-corrected chi connectivity index (χ4v) is 3.07. The summed E-state index contributed by atoms with van der Waals surface area (Å²) in [4.78, 5) is 18.4. The summed E-state index contributed by atoms with van der Waals surface area (Å²) < 4.78 is 41.2. The molecule has 1 saturated heterocycles. The number of hydrogen-bond acceptors (Lipinski definition) is 4. The van der Waals surface area contributed by atoms with Crippen LogP contribution in [-0.2, 0) is 0 Å². The Bertz CT molecular complexity index is 803. The Labute approximate surface area is 171 Å². The van der Waals surface area contributed by atoms with E-state index in [4.69, 9.17) is 11.6 Å². The Hall–Kier alpha value is -2.03. The number of benzene rings is 1. The minimum atomic E-state index is -4.44. The van der Waals surface area contributed by atoms with Crippen molar-refractivity contribution in [1.29, 1.82) is 0 Å². The Morgan fingerprint density at radius 2 is 2.11 bits per heavy atom. The van der Waals surface area contributed by atoms with Crippen molar-refractivity contribution in [2.24, 2.45) is 0 Å². The van der Waals surface area contributed by atoms with Gasteiger partial charge in [0.15, 0.2) is 6.61 Å². The molecule has 0 aliphatic carbocycles. The van der Waals surface area contributed by atoms with E-state index in [9.17, 15) is 18.0 Å². The second kappa shape index (κ2) is 9.45. The Kier molecular flexibility index (Phi) is 7.51. The summed E-state index contributed by atoms with van der Waals surface area (Å²) in [6, 6.07) is 9.77. The van der Waals surface area contributed by atoms with Crippen molar-refractivity contribution >= 4 is 29.9 Å². The third-order valence-electron chi connectivity index (χ3n) is 4.10. The number of pyridine rings is 1. The van der Waals surface area contributed by atoms with Gasteiger partial charge in [-0.3, -0.25) is 4.79 Å². The number of ether oxygens (including phenoxy) is 1. The van der Waals surface area contributed by atoms with Crippen LogP contribution in [0.5, 0.6) is 5.88 Å². The molecule has 0 spiro atoms. The Balaban J connectivity index is 0.00000280. The number of piperazine rings is 1. The number of alkyl halides is 3. The fourth-order valence-electron chi connectivity index (χ4n) is 2.87. The van der Waals surface area contributed by atoms with E-state index in [1.807, 2.05) is 18.2 Å². The van der Waals surface area contributed by atoms with Crippen LogP contribution in [0, 0.1) is 0 Å². The average Bonchev–Trinajstić information content (AvgIpc) is 2.66. The highest BCUT2D eigenvalue weighted by Gasteiger charge is 2.30. The molecule has 152 valence electrons. The van der Waals surface area contributed by atoms with Gasteiger partial charge in [-0.05, 0) is 23.8 Å². The SMILES string of the molecule is Cl.O=C(c1ccc(OCC(F)(F)F)nc1)N1CCNCC1c1cccc(Cl)c1. The summed E-state index contributed by atoms with van der Waals surface area (Å²) in [6.07, 6.45) is -3.22. The highest BCUT2D eigenvalue weighted by Crippen LogP contribution is 2.26. The predicted molar refractivity (Wildman–Crippen MR) is 101 cm³/mol. The molecule has 2 heterocycles. The van der Waals surface area contributed by atoms with Crippen LogP contribution in [0.4, 0.5) is 13.2 Å². The largest absolute Gasteiger partial charge is 0.468 e. The van der Waals surface area contributed by atoms with Crippen molar-refractivity contribution in [3.63, 3.8) is 0 Å². The third kappa shape index (κ3) is 5.73. The van der Waals surface area contributed by atoms with Crippen LogP contribution in [0.1, 0.15) is 22.0 Å². The van der Waals surface area contributed by atoms with E-state index in [1.165, 1.54) is 18.3 Å². The third-order valence-corrected chi connectivity index (χ3v) is 4.34. The summed E-state index contributed by atoms with van der Waals surface area (Å²) in [5, 5.41) is 3.83. The first-order valence-corrected chi connectivity index (χ1v) is 8.64. The van der Waals surface area contributed by atoms with Crippen LogP contribution < -0.4 is 10.1 Å². The Morgan fingerprint density at radius 3 is 2.75 bits per heavy atom. The maximum absolute atomic E-state index is 12.9. The number of halogens is 5. The lowest BCUT2D eigenvalue weighted by atomic mass is 10.0. The minimum absolute atomic E-state index is 0. The van der Waals surface area contributed by atoms with Gasteiger partial charge < -0.3 is 15.0 Å². The number of carbonyl (C=O) groups excluding carboxylic acids is 1. The zero-order chi connectivity index (χ0) is 19.4. The van der Waals surface area contributed by atoms with Crippen LogP contribution in [0.3, 0.4) is 0 Å². The van der Waals surface area contributed by atoms with Gasteiger partial charge in [0.05, 0.1) is 11.6 Å². The average molecular weight is 436 g/mol. The molecule has 1 aromatic carbocycles. The topological polar surface area (TPSA) is 54.5 Å². The van der Waals surface area contributed by atoms with Gasteiger partial charge in [0.25, 0.3) is 5.91 Å². The molecule has 1 aliphatic rings. The van der Waals surface area contributed by atoms with E-state index in [0.717, 1.165) is 5.56 Å². The molecule has 1 N–H and O–H groups in total. The van der Waals surface area contributed by atoms with Crippen LogP contribution in [0.2, 0.25) is 5.02 Å². The lowest BCUT2D eigenvalue weighted by Gasteiger charge is -2.36. The summed E-state index contributed by atoms with van der Waals surface area (Å²) >= 11 is 6.06. The molecule has 1 aromatic heterocycles. The first kappa shape index (κ1) is 22.3. The summed E-state index contributed by atoms with van der Waals surface area (Å²) in [5.41, 5.74) is 1.18. The van der Waals surface area contributed by atoms with Crippen molar-refractivity contribution in [3.05, 3.63) is 58.7 Å². The van der Waals surface area contributed by atoms with Crippen LogP contribution in [-0.4, -0.2) is 48.2 Å². The van der Waals surface area contributed by atoms with E-state index in [2.05, 4.69) is 15.0 Å². The van der Waals surface area contributed by atoms with Crippen LogP contribution in [0.15, 0.2) is 42.6 Å². The first-order valence-electron chi connectivity index (χ1n) is 8.26. The molecule has 2 aromatic rings. The van der Waals surface area contributed by atoms with Crippen molar-refractivity contribution in [3.8, 4) is 5.88 Å². The van der Waals surface area contributed by atoms with E-state index in [-0.39, 0.29) is 35.8 Å². The number of rotatable bonds is 4. The van der Waals surface area contributed by atoms with Gasteiger partial charge >= 0.3 is 6.18 Å². The smallest absolute Gasteiger partial charge is 0.422 e. The van der Waals surface area contributed by atoms with Crippen molar-refractivity contribution in [2.45, 2.75) is 12.2 Å². The molecule has 1 amide bonds. The number of carbonyl (C=O) groups is 1. The number of hydrogen-bond donors (Lipinski definition) is 1. The molecule has 1 fully saturated rings. The van der Waals surface area contributed by atoms with Gasteiger partial charge in [0, 0.05) is 36.9 Å². The second-order valence-corrected chi connectivity index (χ2v) is 6.50. The number of amides is 1. The standard InChI is InChI=1S/C18H17ClF3N3O2.ClH/c19-14-3-1-2-12(8-14)15-10-23-6-7-25(15)17(26)13-4-5-16(24-9-13)27-11-18(20,21)22;/h1-5,8-9,15,23H,6-7,10-11H2;1H. The quantitative estimate of drug-likeness (QED) is 0.791. The van der Waals surface area contributed by atoms with Gasteiger partial charge in [-0.25, -0.2) is 4.98 Å². The van der Waals surface area contributed by atoms with Crippen molar-refractivity contribution in [2.75, 3.05) is 26.2 Å². The van der Waals surface area contributed by atoms with Crippen LogP contribution in [0.25, 0.3) is 0 Å². The van der Waals surface area contributed by atoms with Gasteiger partial charge in [0.1, 0.15) is 0 Å². The molecule has 0 radical (unpaired) electrons. The molecule has 5 nitrogen and oxygen atoms in total. The monoisotopic (exact) mass is 435 g/mol. The van der Waals surface area contributed by atoms with Gasteiger partial charge in [0.2, 0.25) is 5.88 Å². The predicted octanol–water partition coefficient (Wildman–Crippen LogP) is 3.88. The lowest BCUT2D eigenvalue weighted by Crippen LogP contribution is -2.48. The first-order chi connectivity index (χ1) is 12.8. The molecule has 0 bridgehead atoms. The zero-order valence-corrected chi connectivity index (χ0v) is 16.2. The number of nitrogens with zero attached hydrogens (tertiary/aromatic N) is 2. The lowest BCUT2D eigenvalue weighted by molar-refractivity contribution is -0.154. The van der Waals surface area contributed by atoms with E-state index in [1.54, 1.807) is 11.0 Å². The van der Waals surface area contributed by atoms with Gasteiger partial charge in [-0.2, -0.15) is 13.2 Å². The van der Waals surface area contributed by atoms with Crippen molar-refractivity contribution < 1.29 is 22.7 Å². The molecule has 1 atom stereocenters. The van der Waals surface area contributed by atoms with E-state index >= 15 is 0 Å². The summed E-state index contributed by atoms with van der Waals surface area (Å²) in [5.74, 6) is -0.438. The van der Waals surface area contributed by atoms with Gasteiger partial charge in [-0.15, -0.1) is 12.4 Å². The van der Waals surface area contributed by atoms with Gasteiger partial charge in [-0.1, -0.05) is 23.7 Å². The van der Waals surface area contributed by atoms with E-state index < -0.39 is 12.8 Å². The molecular formula is C18H18Cl2F3N3O2. The maximum atomic E-state index is 12.9. The fraction of sp³-hybridized carbons (Fsp3) is 0.333. The zero-order valence-electron chi connectivity index (χ0n) is 14.6. The highest BCUT2D eigenvalue weighted by atomic mass is 35.5. The number of aromatic nitrogens is 1. The molecular weight excluding hydrogens is 418 g/mol. The summed E-state index contributed by atoms with van der Waals surface area (Å²) in [6.45, 7) is 0.277. The molecule has 1 aliphatic heterocycles. The van der Waals surface area contributed by atoms with Crippen LogP contribution >= 0.6 is 24.0 Å². The molecule has 10 heteroatoms. The normalized spacial score (nSPS) is 17.0. The molecule has 3 rings (SSSR count). The highest BCUT2D eigenvalue weighted by molar-refractivity contribution is 6.30. The molecule has 1 unspecified atom stereocenters.